The largest absolute Gasteiger partial charge is 0.489 e. The molecule has 0 saturated heterocycles. The number of nitrogens with zero attached hydrogens (tertiary/aromatic N) is 1. The van der Waals surface area contributed by atoms with Gasteiger partial charge in [-0.25, -0.2) is 9.18 Å². The van der Waals surface area contributed by atoms with Crippen molar-refractivity contribution < 1.29 is 33.2 Å². The Bertz CT molecular complexity index is 1450. The van der Waals surface area contributed by atoms with Gasteiger partial charge in [-0.2, -0.15) is 0 Å². The summed E-state index contributed by atoms with van der Waals surface area (Å²) in [4.78, 5) is 16.9. The molecule has 202 valence electrons. The summed E-state index contributed by atoms with van der Waals surface area (Å²) in [7, 11) is 0. The average Bonchev–Trinajstić information content (AvgIpc) is 2.94. The van der Waals surface area contributed by atoms with Gasteiger partial charge in [0, 0.05) is 31.0 Å². The number of aliphatic hydroxyl groups is 1. The third-order valence-electron chi connectivity index (χ3n) is 6.06. The Morgan fingerprint density at radius 1 is 1.05 bits per heavy atom. The van der Waals surface area contributed by atoms with Gasteiger partial charge in [0.25, 0.3) is 0 Å². The third kappa shape index (κ3) is 6.12. The number of anilines is 1. The fourth-order valence-corrected chi connectivity index (χ4v) is 4.14. The van der Waals surface area contributed by atoms with Crippen molar-refractivity contribution in [3.63, 3.8) is 0 Å². The van der Waals surface area contributed by atoms with Crippen molar-refractivity contribution in [2.75, 3.05) is 31.7 Å². The highest BCUT2D eigenvalue weighted by molar-refractivity contribution is 5.95. The van der Waals surface area contributed by atoms with Crippen LogP contribution < -0.4 is 29.6 Å². The smallest absolute Gasteiger partial charge is 0.319 e. The van der Waals surface area contributed by atoms with E-state index >= 15 is 0 Å². The fraction of sp³-hybridized carbons (Fsp3) is 0.241. The second-order valence-corrected chi connectivity index (χ2v) is 8.86. The van der Waals surface area contributed by atoms with E-state index in [9.17, 15) is 9.18 Å². The minimum absolute atomic E-state index is 0.0253. The molecule has 4 aromatic rings. The average molecular weight is 534 g/mol. The second-order valence-electron chi connectivity index (χ2n) is 8.86. The summed E-state index contributed by atoms with van der Waals surface area (Å²) < 4.78 is 36.9. The zero-order valence-electron chi connectivity index (χ0n) is 21.3. The number of carbonyl (C=O) groups is 1. The number of halogens is 1. The topological polar surface area (TPSA) is 111 Å². The van der Waals surface area contributed by atoms with Crippen LogP contribution in [0.2, 0.25) is 0 Å². The molecular weight excluding hydrogens is 505 g/mol. The Morgan fingerprint density at radius 2 is 1.79 bits per heavy atom. The van der Waals surface area contributed by atoms with Crippen molar-refractivity contribution in [3.05, 3.63) is 78.2 Å². The summed E-state index contributed by atoms with van der Waals surface area (Å²) in [6.45, 7) is 2.93. The fourth-order valence-electron chi connectivity index (χ4n) is 4.14. The Balaban J connectivity index is 1.30. The van der Waals surface area contributed by atoms with Crippen LogP contribution in [0.5, 0.6) is 28.7 Å². The Hall–Kier alpha value is -4.57. The lowest BCUT2D eigenvalue weighted by atomic mass is 10.1. The summed E-state index contributed by atoms with van der Waals surface area (Å²) in [5.74, 6) is 2.21. The number of nitrogens with one attached hydrogen (secondary N) is 2. The molecule has 0 saturated carbocycles. The van der Waals surface area contributed by atoms with E-state index in [1.165, 1.54) is 12.1 Å². The number of benzene rings is 3. The molecule has 0 bridgehead atoms. The molecule has 0 fully saturated rings. The van der Waals surface area contributed by atoms with Crippen LogP contribution in [0.15, 0.2) is 66.9 Å². The van der Waals surface area contributed by atoms with E-state index in [1.54, 1.807) is 54.7 Å². The maximum Gasteiger partial charge on any atom is 0.319 e. The number of carbonyl (C=O) groups excluding carboxylic acids is 1. The van der Waals surface area contributed by atoms with E-state index in [-0.39, 0.29) is 24.5 Å². The molecule has 5 rings (SSSR count). The van der Waals surface area contributed by atoms with Crippen molar-refractivity contribution in [3.8, 4) is 28.7 Å². The number of pyridine rings is 1. The minimum atomic E-state index is -0.388. The van der Waals surface area contributed by atoms with Crippen LogP contribution in [0.25, 0.3) is 10.9 Å². The maximum absolute atomic E-state index is 13.2. The number of ether oxygens (including phenoxy) is 4. The molecule has 3 aromatic carbocycles. The third-order valence-corrected chi connectivity index (χ3v) is 6.06. The molecule has 1 aliphatic rings. The van der Waals surface area contributed by atoms with E-state index in [4.69, 9.17) is 24.1 Å². The molecule has 3 N–H and O–H groups in total. The SMILES string of the molecule is C[C@@H](NC(=O)Nc1ccc(Oc2ccnc3cc(OCCCO)c4c(c23)OCCO4)cc1)c1ccc(F)cc1. The molecule has 0 radical (unpaired) electrons. The van der Waals surface area contributed by atoms with Gasteiger partial charge in [0.2, 0.25) is 5.75 Å². The monoisotopic (exact) mass is 533 g/mol. The number of hydrogen-bond acceptors (Lipinski definition) is 7. The number of urea groups is 1. The van der Waals surface area contributed by atoms with E-state index < -0.39 is 0 Å². The lowest BCUT2D eigenvalue weighted by molar-refractivity contribution is 0.161. The molecule has 9 nitrogen and oxygen atoms in total. The number of rotatable bonds is 9. The van der Waals surface area contributed by atoms with Crippen LogP contribution in [0.3, 0.4) is 0 Å². The van der Waals surface area contributed by atoms with Crippen LogP contribution in [0.4, 0.5) is 14.9 Å². The Kier molecular flexibility index (Phi) is 7.93. The van der Waals surface area contributed by atoms with Crippen LogP contribution in [-0.2, 0) is 0 Å². The summed E-state index contributed by atoms with van der Waals surface area (Å²) in [5, 5.41) is 15.3. The van der Waals surface area contributed by atoms with Crippen molar-refractivity contribution >= 4 is 22.6 Å². The Morgan fingerprint density at radius 3 is 2.54 bits per heavy atom. The van der Waals surface area contributed by atoms with Gasteiger partial charge in [0.05, 0.1) is 23.6 Å². The molecule has 2 heterocycles. The molecule has 1 aliphatic heterocycles. The first kappa shape index (κ1) is 26.1. The number of aliphatic hydroxyl groups excluding tert-OH is 1. The van der Waals surface area contributed by atoms with Gasteiger partial charge in [-0.1, -0.05) is 12.1 Å². The number of hydrogen-bond donors (Lipinski definition) is 3. The molecule has 39 heavy (non-hydrogen) atoms. The molecule has 1 aromatic heterocycles. The summed E-state index contributed by atoms with van der Waals surface area (Å²) in [6.07, 6.45) is 2.12. The molecular formula is C29H28FN3O6. The van der Waals surface area contributed by atoms with E-state index in [1.807, 2.05) is 6.92 Å². The van der Waals surface area contributed by atoms with Crippen LogP contribution >= 0.6 is 0 Å². The van der Waals surface area contributed by atoms with E-state index in [0.717, 1.165) is 5.56 Å². The van der Waals surface area contributed by atoms with Crippen molar-refractivity contribution in [1.82, 2.24) is 10.3 Å². The highest BCUT2D eigenvalue weighted by Crippen LogP contribution is 2.48. The highest BCUT2D eigenvalue weighted by atomic mass is 19.1. The van der Waals surface area contributed by atoms with Crippen LogP contribution in [0, 0.1) is 5.82 Å². The first-order valence-electron chi connectivity index (χ1n) is 12.6. The molecule has 0 aliphatic carbocycles. The number of amides is 2. The maximum atomic E-state index is 13.2. The van der Waals surface area contributed by atoms with E-state index in [0.29, 0.717) is 71.6 Å². The first-order valence-corrected chi connectivity index (χ1v) is 12.6. The first-order chi connectivity index (χ1) is 19.0. The standard InChI is InChI=1S/C29H28FN3O6/c1-18(19-3-5-20(30)6-4-19)32-29(35)33-21-7-9-22(10-8-21)39-24-11-12-31-23-17-25(36-14-2-13-34)27-28(26(23)24)38-16-15-37-27/h3-12,17-18,34H,2,13-16H2,1H3,(H2,32,33,35)/t18-/m1/s1. The predicted molar refractivity (Wildman–Crippen MR) is 143 cm³/mol. The zero-order valence-corrected chi connectivity index (χ0v) is 21.3. The highest BCUT2D eigenvalue weighted by Gasteiger charge is 2.24. The van der Waals surface area contributed by atoms with Gasteiger partial charge in [-0.15, -0.1) is 0 Å². The molecule has 0 spiro atoms. The molecule has 1 atom stereocenters. The lowest BCUT2D eigenvalue weighted by Crippen LogP contribution is -2.31. The van der Waals surface area contributed by atoms with Gasteiger partial charge in [0.1, 0.15) is 30.5 Å². The molecule has 0 unspecified atom stereocenters. The van der Waals surface area contributed by atoms with Crippen LogP contribution in [0.1, 0.15) is 24.9 Å². The zero-order chi connectivity index (χ0) is 27.2. The molecule has 10 heteroatoms. The summed E-state index contributed by atoms with van der Waals surface area (Å²) in [6, 6.07) is 15.7. The van der Waals surface area contributed by atoms with Gasteiger partial charge in [-0.05, 0) is 55.0 Å². The predicted octanol–water partition coefficient (Wildman–Crippen LogP) is 5.58. The van der Waals surface area contributed by atoms with Gasteiger partial charge >= 0.3 is 6.03 Å². The van der Waals surface area contributed by atoms with Crippen LogP contribution in [-0.4, -0.2) is 42.5 Å². The van der Waals surface area contributed by atoms with Gasteiger partial charge in [0.15, 0.2) is 11.5 Å². The number of aromatic nitrogens is 1. The normalized spacial score (nSPS) is 13.0. The summed E-state index contributed by atoms with van der Waals surface area (Å²) in [5.41, 5.74) is 1.98. The van der Waals surface area contributed by atoms with Crippen molar-refractivity contribution in [2.45, 2.75) is 19.4 Å². The minimum Gasteiger partial charge on any atom is -0.489 e. The summed E-state index contributed by atoms with van der Waals surface area (Å²) >= 11 is 0. The Labute approximate surface area is 224 Å². The van der Waals surface area contributed by atoms with Gasteiger partial charge in [-0.3, -0.25) is 4.98 Å². The van der Waals surface area contributed by atoms with Crippen molar-refractivity contribution in [1.29, 1.82) is 0 Å². The quantitative estimate of drug-likeness (QED) is 0.241. The van der Waals surface area contributed by atoms with Gasteiger partial charge < -0.3 is 34.7 Å². The number of fused-ring (bicyclic) bond motifs is 3. The lowest BCUT2D eigenvalue weighted by Gasteiger charge is -2.23. The van der Waals surface area contributed by atoms with E-state index in [2.05, 4.69) is 15.6 Å². The molecule has 2 amide bonds. The second kappa shape index (κ2) is 11.9. The van der Waals surface area contributed by atoms with Crippen molar-refractivity contribution in [2.24, 2.45) is 0 Å².